The van der Waals surface area contributed by atoms with E-state index in [1.165, 1.54) is 6.92 Å². The molecule has 0 amide bonds. The van der Waals surface area contributed by atoms with Crippen molar-refractivity contribution in [3.05, 3.63) is 0 Å². The van der Waals surface area contributed by atoms with E-state index >= 15 is 0 Å². The van der Waals surface area contributed by atoms with Gasteiger partial charge in [0.15, 0.2) is 8.32 Å². The maximum Gasteiger partial charge on any atom is 0.316 e. The van der Waals surface area contributed by atoms with Crippen molar-refractivity contribution in [3.63, 3.8) is 0 Å². The summed E-state index contributed by atoms with van der Waals surface area (Å²) >= 11 is 0. The van der Waals surface area contributed by atoms with Gasteiger partial charge in [-0.15, -0.1) is 0 Å². The van der Waals surface area contributed by atoms with Gasteiger partial charge < -0.3 is 18.6 Å². The molecule has 0 unspecified atom stereocenters. The molecule has 2 heterocycles. The minimum absolute atomic E-state index is 0.0539. The second kappa shape index (κ2) is 8.21. The molecule has 174 valence electrons. The normalized spacial score (nSPS) is 32.9. The van der Waals surface area contributed by atoms with E-state index in [9.17, 15) is 9.59 Å². The largest absolute Gasteiger partial charge is 0.460 e. The van der Waals surface area contributed by atoms with Crippen molar-refractivity contribution in [1.29, 1.82) is 0 Å². The Morgan fingerprint density at radius 1 is 1.03 bits per heavy atom. The van der Waals surface area contributed by atoms with Gasteiger partial charge in [-0.1, -0.05) is 20.8 Å². The molecule has 0 spiro atoms. The number of carbonyl (C=O) groups is 2. The first kappa shape index (κ1) is 25.3. The van der Waals surface area contributed by atoms with Crippen molar-refractivity contribution in [1.82, 2.24) is 0 Å². The molecule has 4 atom stereocenters. The molecule has 6 nitrogen and oxygen atoms in total. The van der Waals surface area contributed by atoms with Crippen LogP contribution < -0.4 is 0 Å². The predicted octanol–water partition coefficient (Wildman–Crippen LogP) is 5.35. The van der Waals surface area contributed by atoms with Crippen molar-refractivity contribution >= 4 is 20.3 Å². The molecule has 0 N–H and O–H groups in total. The van der Waals surface area contributed by atoms with Crippen LogP contribution >= 0.6 is 0 Å². The third kappa shape index (κ3) is 5.86. The quantitative estimate of drug-likeness (QED) is 0.432. The predicted molar refractivity (Wildman–Crippen MR) is 118 cm³/mol. The molecule has 2 rings (SSSR count). The van der Waals surface area contributed by atoms with Crippen LogP contribution in [0, 0.1) is 5.92 Å². The molecule has 0 aromatic rings. The standard InChI is InChI=1S/C23H42O6Si/c1-16(24)26-23-15-17(28-30(9,10)21(5,6)7)11-13-22(8,29-23)14-12-18(23)19(25)27-20(2,3)4/h17-18H,11-15H2,1-10H3/t17-,18-,22+,23-/m0/s1. The number of rotatable bonds is 4. The van der Waals surface area contributed by atoms with E-state index in [1.54, 1.807) is 0 Å². The van der Waals surface area contributed by atoms with Crippen LogP contribution in [0.3, 0.4) is 0 Å². The Morgan fingerprint density at radius 2 is 1.60 bits per heavy atom. The van der Waals surface area contributed by atoms with Gasteiger partial charge in [-0.2, -0.15) is 0 Å². The molecule has 30 heavy (non-hydrogen) atoms. The van der Waals surface area contributed by atoms with Crippen LogP contribution in [0.2, 0.25) is 18.1 Å². The molecule has 0 aliphatic carbocycles. The number of ether oxygens (including phenoxy) is 3. The summed E-state index contributed by atoms with van der Waals surface area (Å²) in [5.41, 5.74) is -1.09. The fraction of sp³-hybridized carbons (Fsp3) is 0.913. The second-order valence-corrected chi connectivity index (χ2v) is 16.6. The van der Waals surface area contributed by atoms with Crippen molar-refractivity contribution in [2.75, 3.05) is 0 Å². The Balaban J connectivity index is 2.42. The Bertz CT molecular complexity index is 662. The first-order valence-electron chi connectivity index (χ1n) is 11.2. The maximum atomic E-state index is 13.1. The number of hydrogen-bond acceptors (Lipinski definition) is 6. The van der Waals surface area contributed by atoms with E-state index in [2.05, 4.69) is 33.9 Å². The van der Waals surface area contributed by atoms with E-state index in [0.29, 0.717) is 19.3 Å². The average Bonchev–Trinajstić information content (AvgIpc) is 2.57. The topological polar surface area (TPSA) is 71.1 Å². The average molecular weight is 443 g/mol. The van der Waals surface area contributed by atoms with Gasteiger partial charge in [-0.3, -0.25) is 9.59 Å². The summed E-state index contributed by atoms with van der Waals surface area (Å²) in [4.78, 5) is 25.3. The lowest BCUT2D eigenvalue weighted by Crippen LogP contribution is -2.58. The highest BCUT2D eigenvalue weighted by Crippen LogP contribution is 2.50. The summed E-state index contributed by atoms with van der Waals surface area (Å²) in [6.07, 6.45) is 3.09. The van der Waals surface area contributed by atoms with Crippen LogP contribution in [-0.2, 0) is 28.2 Å². The minimum Gasteiger partial charge on any atom is -0.460 e. The number of esters is 2. The van der Waals surface area contributed by atoms with Crippen LogP contribution in [0.25, 0.3) is 0 Å². The van der Waals surface area contributed by atoms with Gasteiger partial charge in [0.1, 0.15) is 11.5 Å². The maximum absolute atomic E-state index is 13.1. The van der Waals surface area contributed by atoms with Crippen molar-refractivity contribution in [3.8, 4) is 0 Å². The Hall–Kier alpha value is -0.923. The van der Waals surface area contributed by atoms with Crippen LogP contribution in [0.15, 0.2) is 0 Å². The second-order valence-electron chi connectivity index (χ2n) is 11.8. The third-order valence-electron chi connectivity index (χ3n) is 6.69. The van der Waals surface area contributed by atoms with E-state index in [0.717, 1.165) is 12.8 Å². The van der Waals surface area contributed by atoms with E-state index in [-0.39, 0.29) is 17.1 Å². The highest BCUT2D eigenvalue weighted by atomic mass is 28.4. The Kier molecular flexibility index (Phi) is 6.93. The molecule has 2 bridgehead atoms. The summed E-state index contributed by atoms with van der Waals surface area (Å²) in [6, 6.07) is 0. The van der Waals surface area contributed by atoms with Crippen LogP contribution in [-0.4, -0.2) is 43.3 Å². The summed E-state index contributed by atoms with van der Waals surface area (Å²) < 4.78 is 24.8. The molecule has 2 saturated heterocycles. The molecule has 0 radical (unpaired) electrons. The SMILES string of the molecule is CC(=O)O[C@]12C[C@@H](O[Si](C)(C)C(C)(C)C)CC[C@](C)(CC[C@H]1C(=O)OC(C)(C)C)O2. The van der Waals surface area contributed by atoms with Gasteiger partial charge in [0.05, 0.1) is 11.7 Å². The molecule has 2 aliphatic rings. The molecule has 0 saturated carbocycles. The molecule has 0 aromatic carbocycles. The van der Waals surface area contributed by atoms with E-state index in [1.807, 2.05) is 27.7 Å². The van der Waals surface area contributed by atoms with Crippen molar-refractivity contribution < 1.29 is 28.2 Å². The van der Waals surface area contributed by atoms with Crippen molar-refractivity contribution in [2.45, 2.75) is 129 Å². The van der Waals surface area contributed by atoms with Gasteiger partial charge in [-0.25, -0.2) is 0 Å². The molecular weight excluding hydrogens is 400 g/mol. The van der Waals surface area contributed by atoms with E-state index in [4.69, 9.17) is 18.6 Å². The first-order valence-corrected chi connectivity index (χ1v) is 14.1. The van der Waals surface area contributed by atoms with Gasteiger partial charge >= 0.3 is 11.9 Å². The summed E-state index contributed by atoms with van der Waals surface area (Å²) in [6.45, 7) is 20.0. The zero-order valence-electron chi connectivity index (χ0n) is 20.6. The number of fused-ring (bicyclic) bond motifs is 2. The zero-order chi connectivity index (χ0) is 23.2. The van der Waals surface area contributed by atoms with Crippen molar-refractivity contribution in [2.24, 2.45) is 5.92 Å². The van der Waals surface area contributed by atoms with Gasteiger partial charge in [-0.05, 0) is 71.5 Å². The summed E-state index contributed by atoms with van der Waals surface area (Å²) in [7, 11) is -2.06. The van der Waals surface area contributed by atoms with Crippen LogP contribution in [0.5, 0.6) is 0 Å². The number of hydrogen-bond donors (Lipinski definition) is 0. The van der Waals surface area contributed by atoms with Gasteiger partial charge in [0.2, 0.25) is 5.79 Å². The smallest absolute Gasteiger partial charge is 0.316 e. The Morgan fingerprint density at radius 3 is 2.10 bits per heavy atom. The molecular formula is C23H42O6Si. The minimum atomic E-state index is -2.06. The molecule has 7 heteroatoms. The molecule has 2 fully saturated rings. The van der Waals surface area contributed by atoms with Gasteiger partial charge in [0.25, 0.3) is 0 Å². The summed E-state index contributed by atoms with van der Waals surface area (Å²) in [5, 5.41) is 0.0539. The zero-order valence-corrected chi connectivity index (χ0v) is 21.6. The first-order chi connectivity index (χ1) is 13.4. The lowest BCUT2D eigenvalue weighted by Gasteiger charge is -2.48. The summed E-state index contributed by atoms with van der Waals surface area (Å²) in [5.74, 6) is -2.86. The highest BCUT2D eigenvalue weighted by Gasteiger charge is 2.59. The molecule has 0 aromatic heterocycles. The monoisotopic (exact) mass is 442 g/mol. The van der Waals surface area contributed by atoms with Crippen LogP contribution in [0.1, 0.15) is 87.5 Å². The third-order valence-corrected chi connectivity index (χ3v) is 11.2. The molecule has 2 aliphatic heterocycles. The number of carbonyl (C=O) groups excluding carboxylic acids is 2. The lowest BCUT2D eigenvalue weighted by molar-refractivity contribution is -0.317. The lowest BCUT2D eigenvalue weighted by atomic mass is 9.82. The van der Waals surface area contributed by atoms with Gasteiger partial charge in [0, 0.05) is 13.3 Å². The van der Waals surface area contributed by atoms with E-state index < -0.39 is 37.2 Å². The fourth-order valence-corrected chi connectivity index (χ4v) is 5.58. The highest BCUT2D eigenvalue weighted by molar-refractivity contribution is 6.74. The Labute approximate surface area is 183 Å². The fourth-order valence-electron chi connectivity index (χ4n) is 4.20. The van der Waals surface area contributed by atoms with Crippen LogP contribution in [0.4, 0.5) is 0 Å².